The topological polar surface area (TPSA) is 77.8 Å². The van der Waals surface area contributed by atoms with E-state index in [0.717, 1.165) is 24.2 Å². The average Bonchev–Trinajstić information content (AvgIpc) is 3.23. The molecular formula is C19H25NO5. The lowest BCUT2D eigenvalue weighted by molar-refractivity contribution is -0.141. The zero-order chi connectivity index (χ0) is 17.8. The highest BCUT2D eigenvalue weighted by Gasteiger charge is 2.45. The molecule has 0 saturated heterocycles. The van der Waals surface area contributed by atoms with Gasteiger partial charge in [0.1, 0.15) is 23.8 Å². The first-order chi connectivity index (χ1) is 12.1. The van der Waals surface area contributed by atoms with Gasteiger partial charge in [-0.3, -0.25) is 4.79 Å². The molecule has 2 heterocycles. The number of hydrogen-bond acceptors (Lipinski definition) is 6. The highest BCUT2D eigenvalue weighted by molar-refractivity contribution is 5.94. The van der Waals surface area contributed by atoms with E-state index in [2.05, 4.69) is 5.32 Å². The number of carbonyl (C=O) groups is 2. The number of ether oxygens (including phenoxy) is 2. The predicted molar refractivity (Wildman–Crippen MR) is 90.9 cm³/mol. The van der Waals surface area contributed by atoms with E-state index in [-0.39, 0.29) is 30.3 Å². The maximum absolute atomic E-state index is 12.6. The fraction of sp³-hybridized carbons (Fsp3) is 0.579. The number of rotatable bonds is 7. The van der Waals surface area contributed by atoms with E-state index in [9.17, 15) is 9.59 Å². The molecule has 3 rings (SSSR count). The van der Waals surface area contributed by atoms with Crippen LogP contribution in [0.1, 0.15) is 44.8 Å². The van der Waals surface area contributed by atoms with Gasteiger partial charge in [0, 0.05) is 25.0 Å². The fourth-order valence-corrected chi connectivity index (χ4v) is 3.73. The first-order valence-electron chi connectivity index (χ1n) is 8.90. The van der Waals surface area contributed by atoms with E-state index >= 15 is 0 Å². The van der Waals surface area contributed by atoms with Crippen LogP contribution in [0.2, 0.25) is 0 Å². The Kier molecular flexibility index (Phi) is 5.58. The molecule has 1 fully saturated rings. The smallest absolute Gasteiger partial charge is 0.354 e. The van der Waals surface area contributed by atoms with E-state index in [4.69, 9.17) is 13.9 Å². The zero-order valence-electron chi connectivity index (χ0n) is 14.7. The zero-order valence-corrected chi connectivity index (χ0v) is 14.7. The van der Waals surface area contributed by atoms with E-state index in [1.54, 1.807) is 6.26 Å². The summed E-state index contributed by atoms with van der Waals surface area (Å²) in [6.45, 7) is 5.13. The molecule has 25 heavy (non-hydrogen) atoms. The Morgan fingerprint density at radius 2 is 2.20 bits per heavy atom. The van der Waals surface area contributed by atoms with Crippen LogP contribution in [-0.4, -0.2) is 37.6 Å². The molecule has 0 spiro atoms. The van der Waals surface area contributed by atoms with Crippen molar-refractivity contribution >= 4 is 11.8 Å². The van der Waals surface area contributed by atoms with Gasteiger partial charge in [0.15, 0.2) is 0 Å². The SMILES string of the molecule is CCCOCCOC(=O)C1=C(C)C2C(=O)CC(c3ccco3)CC2N1. The standard InChI is InChI=1S/C19H25NO5/c1-3-6-23-8-9-25-19(22)18-12(2)17-14(20-18)10-13(11-15(17)21)16-5-4-7-24-16/h4-5,7,13-14,17,20H,3,6,8-11H2,1-2H3. The van der Waals surface area contributed by atoms with Crippen LogP contribution >= 0.6 is 0 Å². The predicted octanol–water partition coefficient (Wildman–Crippen LogP) is 2.56. The van der Waals surface area contributed by atoms with Gasteiger partial charge in [0.25, 0.3) is 0 Å². The molecular weight excluding hydrogens is 322 g/mol. The minimum Gasteiger partial charge on any atom is -0.469 e. The van der Waals surface area contributed by atoms with Gasteiger partial charge < -0.3 is 19.2 Å². The molecule has 6 heteroatoms. The molecule has 1 aromatic heterocycles. The van der Waals surface area contributed by atoms with Gasteiger partial charge in [-0.15, -0.1) is 0 Å². The summed E-state index contributed by atoms with van der Waals surface area (Å²) in [7, 11) is 0. The first-order valence-corrected chi connectivity index (χ1v) is 8.90. The number of Topliss-reactive ketones (excluding diaryl/α,β-unsaturated/α-hetero) is 1. The second-order valence-corrected chi connectivity index (χ2v) is 6.65. The third-order valence-electron chi connectivity index (χ3n) is 4.88. The molecule has 1 aromatic rings. The van der Waals surface area contributed by atoms with Crippen LogP contribution in [0, 0.1) is 5.92 Å². The summed E-state index contributed by atoms with van der Waals surface area (Å²) in [6.07, 6.45) is 3.77. The monoisotopic (exact) mass is 347 g/mol. The lowest BCUT2D eigenvalue weighted by Crippen LogP contribution is -2.40. The van der Waals surface area contributed by atoms with Gasteiger partial charge in [-0.25, -0.2) is 4.79 Å². The third kappa shape index (κ3) is 3.79. The summed E-state index contributed by atoms with van der Waals surface area (Å²) in [6, 6.07) is 3.66. The normalized spacial score (nSPS) is 25.7. The minimum absolute atomic E-state index is 0.0573. The summed E-state index contributed by atoms with van der Waals surface area (Å²) in [5, 5.41) is 3.22. The summed E-state index contributed by atoms with van der Waals surface area (Å²) in [5.74, 6) is 0.383. The van der Waals surface area contributed by atoms with Crippen molar-refractivity contribution in [2.45, 2.75) is 45.1 Å². The molecule has 0 bridgehead atoms. The fourth-order valence-electron chi connectivity index (χ4n) is 3.73. The largest absolute Gasteiger partial charge is 0.469 e. The lowest BCUT2D eigenvalue weighted by atomic mass is 9.75. The van der Waals surface area contributed by atoms with Gasteiger partial charge >= 0.3 is 5.97 Å². The van der Waals surface area contributed by atoms with Gasteiger partial charge in [0.05, 0.1) is 18.8 Å². The Bertz CT molecular complexity index is 649. The van der Waals surface area contributed by atoms with Gasteiger partial charge in [-0.2, -0.15) is 0 Å². The van der Waals surface area contributed by atoms with Crippen LogP contribution in [-0.2, 0) is 19.1 Å². The minimum atomic E-state index is -0.408. The molecule has 1 aliphatic carbocycles. The van der Waals surface area contributed by atoms with Crippen LogP contribution in [0.5, 0.6) is 0 Å². The lowest BCUT2D eigenvalue weighted by Gasteiger charge is -2.30. The molecule has 136 valence electrons. The number of carbonyl (C=O) groups excluding carboxylic acids is 2. The van der Waals surface area contributed by atoms with Crippen LogP contribution in [0.15, 0.2) is 34.1 Å². The molecule has 0 radical (unpaired) electrons. The number of hydrogen-bond donors (Lipinski definition) is 1. The number of furan rings is 1. The molecule has 0 amide bonds. The summed E-state index contributed by atoms with van der Waals surface area (Å²) in [5.41, 5.74) is 1.21. The van der Waals surface area contributed by atoms with E-state index in [1.807, 2.05) is 26.0 Å². The Balaban J connectivity index is 1.60. The third-order valence-corrected chi connectivity index (χ3v) is 4.88. The highest BCUT2D eigenvalue weighted by Crippen LogP contribution is 2.41. The van der Waals surface area contributed by atoms with Crippen LogP contribution in [0.25, 0.3) is 0 Å². The molecule has 0 aromatic carbocycles. The molecule has 3 atom stereocenters. The van der Waals surface area contributed by atoms with Crippen molar-refractivity contribution in [3.05, 3.63) is 35.4 Å². The van der Waals surface area contributed by atoms with Crippen molar-refractivity contribution in [3.8, 4) is 0 Å². The summed E-state index contributed by atoms with van der Waals surface area (Å²) in [4.78, 5) is 24.9. The number of nitrogens with one attached hydrogen (secondary N) is 1. The van der Waals surface area contributed by atoms with Crippen LogP contribution in [0.4, 0.5) is 0 Å². The number of esters is 1. The van der Waals surface area contributed by atoms with Crippen molar-refractivity contribution in [3.63, 3.8) is 0 Å². The molecule has 6 nitrogen and oxygen atoms in total. The molecule has 1 N–H and O–H groups in total. The molecule has 3 unspecified atom stereocenters. The van der Waals surface area contributed by atoms with E-state index in [1.165, 1.54) is 0 Å². The summed E-state index contributed by atoms with van der Waals surface area (Å²) < 4.78 is 16.0. The van der Waals surface area contributed by atoms with Crippen molar-refractivity contribution in [1.82, 2.24) is 5.32 Å². The van der Waals surface area contributed by atoms with Gasteiger partial charge in [0.2, 0.25) is 0 Å². The van der Waals surface area contributed by atoms with Crippen molar-refractivity contribution in [2.75, 3.05) is 19.8 Å². The van der Waals surface area contributed by atoms with Crippen LogP contribution in [0.3, 0.4) is 0 Å². The maximum Gasteiger partial charge on any atom is 0.354 e. The van der Waals surface area contributed by atoms with Crippen molar-refractivity contribution < 1.29 is 23.5 Å². The Labute approximate surface area is 147 Å². The highest BCUT2D eigenvalue weighted by atomic mass is 16.6. The van der Waals surface area contributed by atoms with E-state index in [0.29, 0.717) is 25.3 Å². The Morgan fingerprint density at radius 3 is 2.92 bits per heavy atom. The first kappa shape index (κ1) is 17.7. The molecule has 2 aliphatic rings. The van der Waals surface area contributed by atoms with Gasteiger partial charge in [-0.1, -0.05) is 6.92 Å². The summed E-state index contributed by atoms with van der Waals surface area (Å²) >= 11 is 0. The van der Waals surface area contributed by atoms with Crippen molar-refractivity contribution in [2.24, 2.45) is 5.92 Å². The number of fused-ring (bicyclic) bond motifs is 1. The molecule has 1 saturated carbocycles. The average molecular weight is 347 g/mol. The Morgan fingerprint density at radius 1 is 1.36 bits per heavy atom. The second kappa shape index (κ2) is 7.87. The second-order valence-electron chi connectivity index (χ2n) is 6.65. The van der Waals surface area contributed by atoms with Gasteiger partial charge in [-0.05, 0) is 37.5 Å². The van der Waals surface area contributed by atoms with Crippen LogP contribution < -0.4 is 5.32 Å². The van der Waals surface area contributed by atoms with E-state index < -0.39 is 5.97 Å². The van der Waals surface area contributed by atoms with Crippen molar-refractivity contribution in [1.29, 1.82) is 0 Å². The molecule has 1 aliphatic heterocycles. The number of ketones is 1. The quantitative estimate of drug-likeness (QED) is 0.603. The maximum atomic E-state index is 12.6. The Hall–Kier alpha value is -2.08.